The van der Waals surface area contributed by atoms with Crippen molar-refractivity contribution in [2.24, 2.45) is 0 Å². The Hall–Kier alpha value is -1.88. The lowest BCUT2D eigenvalue weighted by molar-refractivity contribution is -0.895. The predicted molar refractivity (Wildman–Crippen MR) is 84.5 cm³/mol. The van der Waals surface area contributed by atoms with Gasteiger partial charge < -0.3 is 15.5 Å². The first-order chi connectivity index (χ1) is 9.97. The van der Waals surface area contributed by atoms with Gasteiger partial charge in [0.2, 0.25) is 0 Å². The third-order valence-electron chi connectivity index (χ3n) is 3.60. The average molecular weight is 292 g/mol. The molecule has 5 heteroatoms. The number of hydrogen-bond acceptors (Lipinski definition) is 2. The lowest BCUT2D eigenvalue weighted by Crippen LogP contribution is -3.12. The van der Waals surface area contributed by atoms with E-state index in [0.29, 0.717) is 12.2 Å². The topological polar surface area (TPSA) is 62.6 Å². The van der Waals surface area contributed by atoms with E-state index in [1.165, 1.54) is 4.90 Å². The molecule has 0 heterocycles. The van der Waals surface area contributed by atoms with Crippen LogP contribution in [0.5, 0.6) is 0 Å². The van der Waals surface area contributed by atoms with E-state index in [1.807, 2.05) is 32.0 Å². The number of nitrogens with one attached hydrogen (secondary N) is 3. The highest BCUT2D eigenvalue weighted by Gasteiger charge is 2.14. The van der Waals surface area contributed by atoms with Crippen LogP contribution in [0.1, 0.15) is 25.0 Å². The Morgan fingerprint density at radius 2 is 1.76 bits per heavy atom. The minimum Gasteiger partial charge on any atom is -0.342 e. The van der Waals surface area contributed by atoms with Crippen LogP contribution in [0.15, 0.2) is 18.2 Å². The molecule has 5 nitrogen and oxygen atoms in total. The summed E-state index contributed by atoms with van der Waals surface area (Å²) in [5.74, 6) is -1.20. The molecule has 0 bridgehead atoms. The molecule has 0 atom stereocenters. The van der Waals surface area contributed by atoms with Gasteiger partial charge in [-0.25, -0.2) is 0 Å². The van der Waals surface area contributed by atoms with Crippen LogP contribution in [-0.4, -0.2) is 38.0 Å². The van der Waals surface area contributed by atoms with Crippen molar-refractivity contribution in [3.8, 4) is 0 Å². The third kappa shape index (κ3) is 5.55. The standard InChI is InChI=1S/C16H25N3O2/c1-5-19(6-2)10-9-17-15(20)16(21)18-14-8-7-12(3)11-13(14)4/h7-8,11H,5-6,9-10H2,1-4H3,(H,17,20)(H,18,21)/p+1. The number of rotatable bonds is 6. The summed E-state index contributed by atoms with van der Waals surface area (Å²) >= 11 is 0. The van der Waals surface area contributed by atoms with E-state index in [2.05, 4.69) is 24.5 Å². The van der Waals surface area contributed by atoms with Crippen molar-refractivity contribution < 1.29 is 14.5 Å². The Labute approximate surface area is 126 Å². The summed E-state index contributed by atoms with van der Waals surface area (Å²) in [4.78, 5) is 25.0. The minimum absolute atomic E-state index is 0.510. The van der Waals surface area contributed by atoms with Crippen molar-refractivity contribution in [2.75, 3.05) is 31.5 Å². The van der Waals surface area contributed by atoms with Gasteiger partial charge in [-0.2, -0.15) is 0 Å². The average Bonchev–Trinajstić information content (AvgIpc) is 2.46. The molecule has 0 aliphatic rings. The van der Waals surface area contributed by atoms with Gasteiger partial charge >= 0.3 is 11.8 Å². The van der Waals surface area contributed by atoms with E-state index < -0.39 is 11.8 Å². The van der Waals surface area contributed by atoms with Crippen LogP contribution in [0.3, 0.4) is 0 Å². The van der Waals surface area contributed by atoms with Crippen molar-refractivity contribution in [3.05, 3.63) is 29.3 Å². The molecule has 0 saturated carbocycles. The van der Waals surface area contributed by atoms with Gasteiger partial charge in [-0.3, -0.25) is 9.59 Å². The maximum Gasteiger partial charge on any atom is 0.313 e. The Bertz CT molecular complexity index is 496. The lowest BCUT2D eigenvalue weighted by atomic mass is 10.1. The van der Waals surface area contributed by atoms with Crippen LogP contribution in [0.2, 0.25) is 0 Å². The van der Waals surface area contributed by atoms with E-state index in [-0.39, 0.29) is 0 Å². The number of carbonyl (C=O) groups is 2. The predicted octanol–water partition coefficient (Wildman–Crippen LogP) is 0.283. The number of aryl methyl sites for hydroxylation is 2. The maximum atomic E-state index is 11.8. The Morgan fingerprint density at radius 1 is 1.10 bits per heavy atom. The molecule has 0 radical (unpaired) electrons. The quantitative estimate of drug-likeness (QED) is 0.660. The molecule has 21 heavy (non-hydrogen) atoms. The number of quaternary nitrogens is 1. The van der Waals surface area contributed by atoms with Crippen LogP contribution in [0.4, 0.5) is 5.69 Å². The molecule has 0 saturated heterocycles. The second-order valence-corrected chi connectivity index (χ2v) is 5.24. The van der Waals surface area contributed by atoms with Crippen LogP contribution in [0.25, 0.3) is 0 Å². The summed E-state index contributed by atoms with van der Waals surface area (Å²) < 4.78 is 0. The van der Waals surface area contributed by atoms with Gasteiger partial charge in [-0.15, -0.1) is 0 Å². The highest BCUT2D eigenvalue weighted by molar-refractivity contribution is 6.39. The second kappa shape index (κ2) is 8.42. The third-order valence-corrected chi connectivity index (χ3v) is 3.60. The Morgan fingerprint density at radius 3 is 2.33 bits per heavy atom. The number of amides is 2. The van der Waals surface area contributed by atoms with Crippen LogP contribution < -0.4 is 15.5 Å². The summed E-state index contributed by atoms with van der Waals surface area (Å²) in [5, 5.41) is 5.31. The zero-order valence-electron chi connectivity index (χ0n) is 13.4. The van der Waals surface area contributed by atoms with Gasteiger partial charge in [0.25, 0.3) is 0 Å². The second-order valence-electron chi connectivity index (χ2n) is 5.24. The number of carbonyl (C=O) groups excluding carboxylic acids is 2. The van der Waals surface area contributed by atoms with Crippen molar-refractivity contribution in [1.82, 2.24) is 5.32 Å². The number of benzene rings is 1. The van der Waals surface area contributed by atoms with Crippen LogP contribution in [-0.2, 0) is 9.59 Å². The number of anilines is 1. The summed E-state index contributed by atoms with van der Waals surface area (Å²) in [5.41, 5.74) is 2.75. The van der Waals surface area contributed by atoms with Gasteiger partial charge in [0.05, 0.1) is 26.2 Å². The van der Waals surface area contributed by atoms with Gasteiger partial charge in [0, 0.05) is 5.69 Å². The van der Waals surface area contributed by atoms with Crippen molar-refractivity contribution >= 4 is 17.5 Å². The molecule has 0 unspecified atom stereocenters. The smallest absolute Gasteiger partial charge is 0.313 e. The molecule has 3 N–H and O–H groups in total. The van der Waals surface area contributed by atoms with E-state index >= 15 is 0 Å². The molecule has 0 spiro atoms. The molecule has 0 aliphatic heterocycles. The summed E-state index contributed by atoms with van der Waals surface area (Å²) in [6.45, 7) is 11.5. The fourth-order valence-electron chi connectivity index (χ4n) is 2.17. The minimum atomic E-state index is -0.614. The molecule has 2 amide bonds. The molecule has 1 aromatic rings. The van der Waals surface area contributed by atoms with Gasteiger partial charge in [0.1, 0.15) is 0 Å². The summed E-state index contributed by atoms with van der Waals surface area (Å²) in [7, 11) is 0. The zero-order chi connectivity index (χ0) is 15.8. The maximum absolute atomic E-state index is 11.8. The normalized spacial score (nSPS) is 10.5. The molecule has 116 valence electrons. The molecule has 0 fully saturated rings. The summed E-state index contributed by atoms with van der Waals surface area (Å²) in [6.07, 6.45) is 0. The van der Waals surface area contributed by atoms with Crippen molar-refractivity contribution in [2.45, 2.75) is 27.7 Å². The fraction of sp³-hybridized carbons (Fsp3) is 0.500. The van der Waals surface area contributed by atoms with E-state index in [4.69, 9.17) is 0 Å². The van der Waals surface area contributed by atoms with Crippen molar-refractivity contribution in [3.63, 3.8) is 0 Å². The van der Waals surface area contributed by atoms with Crippen molar-refractivity contribution in [1.29, 1.82) is 0 Å². The highest BCUT2D eigenvalue weighted by atomic mass is 16.2. The summed E-state index contributed by atoms with van der Waals surface area (Å²) in [6, 6.07) is 5.69. The highest BCUT2D eigenvalue weighted by Crippen LogP contribution is 2.15. The van der Waals surface area contributed by atoms with Crippen LogP contribution in [0, 0.1) is 13.8 Å². The molecule has 1 aromatic carbocycles. The van der Waals surface area contributed by atoms with Gasteiger partial charge in [0.15, 0.2) is 0 Å². The molecular formula is C16H26N3O2+. The number of likely N-dealkylation sites (N-methyl/N-ethyl adjacent to an activating group) is 1. The zero-order valence-corrected chi connectivity index (χ0v) is 13.4. The van der Waals surface area contributed by atoms with E-state index in [1.54, 1.807) is 0 Å². The first-order valence-corrected chi connectivity index (χ1v) is 7.47. The molecule has 0 aromatic heterocycles. The first kappa shape index (κ1) is 17.2. The SMILES string of the molecule is CC[NH+](CC)CCNC(=O)C(=O)Nc1ccc(C)cc1C. The van der Waals surface area contributed by atoms with E-state index in [0.717, 1.165) is 30.8 Å². The fourth-order valence-corrected chi connectivity index (χ4v) is 2.17. The number of hydrogen-bond donors (Lipinski definition) is 3. The molecule has 1 rings (SSSR count). The van der Waals surface area contributed by atoms with Gasteiger partial charge in [-0.05, 0) is 39.3 Å². The van der Waals surface area contributed by atoms with Gasteiger partial charge in [-0.1, -0.05) is 17.7 Å². The lowest BCUT2D eigenvalue weighted by Gasteiger charge is -2.15. The molecule has 0 aliphatic carbocycles. The Kier molecular flexibility index (Phi) is 6.88. The molecular weight excluding hydrogens is 266 g/mol. The van der Waals surface area contributed by atoms with E-state index in [9.17, 15) is 9.59 Å². The monoisotopic (exact) mass is 292 g/mol. The Balaban J connectivity index is 2.46. The largest absolute Gasteiger partial charge is 0.342 e. The first-order valence-electron chi connectivity index (χ1n) is 7.47. The van der Waals surface area contributed by atoms with Crippen LogP contribution >= 0.6 is 0 Å².